The normalized spacial score (nSPS) is 12.1. The van der Waals surface area contributed by atoms with Gasteiger partial charge in [0.25, 0.3) is 0 Å². The standard InChI is InChI=1S/C48H32Br2N6/c49-27-43-44(28-50)56-42-26-32(16-17-33(42)51-43)48-40-24-22-38(54-40)46(30-12-6-2-7-13-30)36-20-18-34(52-36)45(29-10-4-1-5-11-29)35-19-21-37(53-35)47(31-14-8-3-9-15-31)39-23-25-41(48)55-39/h1-26,52,55H,27-28H2. The zero-order valence-corrected chi connectivity index (χ0v) is 33.1. The third-order valence-corrected chi connectivity index (χ3v) is 11.4. The lowest BCUT2D eigenvalue weighted by Gasteiger charge is -2.09. The summed E-state index contributed by atoms with van der Waals surface area (Å²) >= 11 is 7.22. The fourth-order valence-corrected chi connectivity index (χ4v) is 8.63. The van der Waals surface area contributed by atoms with E-state index in [-0.39, 0.29) is 0 Å². The maximum absolute atomic E-state index is 5.44. The van der Waals surface area contributed by atoms with Crippen LogP contribution in [0.5, 0.6) is 0 Å². The molecule has 0 fully saturated rings. The van der Waals surface area contributed by atoms with Gasteiger partial charge in [-0.15, -0.1) is 0 Å². The van der Waals surface area contributed by atoms with Crippen LogP contribution >= 0.6 is 31.9 Å². The molecule has 8 heteroatoms. The summed E-state index contributed by atoms with van der Waals surface area (Å²) in [6, 6.07) is 46.4. The summed E-state index contributed by atoms with van der Waals surface area (Å²) < 4.78 is 0. The largest absolute Gasteiger partial charge is 0.354 e. The average Bonchev–Trinajstić information content (AvgIpc) is 4.10. The Morgan fingerprint density at radius 1 is 0.357 bits per heavy atom. The lowest BCUT2D eigenvalue weighted by molar-refractivity contribution is 1.08. The van der Waals surface area contributed by atoms with Gasteiger partial charge in [-0.1, -0.05) is 129 Å². The van der Waals surface area contributed by atoms with E-state index in [9.17, 15) is 0 Å². The van der Waals surface area contributed by atoms with E-state index in [0.29, 0.717) is 10.7 Å². The number of aromatic amines is 2. The first kappa shape index (κ1) is 34.3. The Labute approximate surface area is 340 Å². The molecule has 2 aliphatic rings. The lowest BCUT2D eigenvalue weighted by Crippen LogP contribution is -1.98. The smallest absolute Gasteiger partial charge is 0.0896 e. The van der Waals surface area contributed by atoms with Crippen LogP contribution in [-0.4, -0.2) is 29.9 Å². The van der Waals surface area contributed by atoms with Crippen LogP contribution in [-0.2, 0) is 10.7 Å². The maximum Gasteiger partial charge on any atom is 0.0896 e. The number of aromatic nitrogens is 6. The molecule has 4 aromatic carbocycles. The molecule has 0 unspecified atom stereocenters. The van der Waals surface area contributed by atoms with Gasteiger partial charge >= 0.3 is 0 Å². The molecule has 6 heterocycles. The minimum Gasteiger partial charge on any atom is -0.354 e. The minimum atomic E-state index is 0.615. The number of fused-ring (bicyclic) bond motifs is 9. The molecule has 0 amide bonds. The number of hydrogen-bond acceptors (Lipinski definition) is 4. The van der Waals surface area contributed by atoms with Crippen LogP contribution in [0.25, 0.3) is 102 Å². The van der Waals surface area contributed by atoms with Crippen LogP contribution < -0.4 is 0 Å². The molecule has 6 nitrogen and oxygen atoms in total. The summed E-state index contributed by atoms with van der Waals surface area (Å²) in [6.07, 6.45) is 8.51. The molecule has 0 saturated carbocycles. The van der Waals surface area contributed by atoms with Crippen LogP contribution in [0.15, 0.2) is 133 Å². The Kier molecular flexibility index (Phi) is 8.85. The van der Waals surface area contributed by atoms with Gasteiger partial charge in [-0.3, -0.25) is 0 Å². The second-order valence-electron chi connectivity index (χ2n) is 13.7. The van der Waals surface area contributed by atoms with E-state index in [4.69, 9.17) is 19.9 Å². The number of hydrogen-bond donors (Lipinski definition) is 2. The van der Waals surface area contributed by atoms with Gasteiger partial charge in [0, 0.05) is 55.0 Å². The van der Waals surface area contributed by atoms with Crippen molar-refractivity contribution in [2.45, 2.75) is 10.7 Å². The van der Waals surface area contributed by atoms with Gasteiger partial charge in [-0.25, -0.2) is 19.9 Å². The number of alkyl halides is 2. The quantitative estimate of drug-likeness (QED) is 0.163. The molecule has 0 radical (unpaired) electrons. The molecule has 0 saturated heterocycles. The number of benzene rings is 4. The Hall–Kier alpha value is -6.22. The van der Waals surface area contributed by atoms with Crippen molar-refractivity contribution in [3.63, 3.8) is 0 Å². The molecule has 2 aliphatic heterocycles. The highest BCUT2D eigenvalue weighted by molar-refractivity contribution is 9.09. The molecular formula is C48H32Br2N6. The third kappa shape index (κ3) is 6.11. The molecule has 268 valence electrons. The maximum atomic E-state index is 5.44. The van der Waals surface area contributed by atoms with Gasteiger partial charge in [0.2, 0.25) is 0 Å². The van der Waals surface area contributed by atoms with Crippen LogP contribution in [0.2, 0.25) is 0 Å². The van der Waals surface area contributed by atoms with E-state index in [1.807, 2.05) is 18.2 Å². The van der Waals surface area contributed by atoms with Crippen LogP contribution in [0, 0.1) is 0 Å². The Balaban J connectivity index is 1.36. The van der Waals surface area contributed by atoms with Gasteiger partial charge in [0.1, 0.15) is 0 Å². The summed E-state index contributed by atoms with van der Waals surface area (Å²) in [5.41, 5.74) is 19.0. The molecule has 4 aromatic heterocycles. The minimum absolute atomic E-state index is 0.615. The van der Waals surface area contributed by atoms with Crippen molar-refractivity contribution in [2.75, 3.05) is 0 Å². The van der Waals surface area contributed by atoms with Crippen molar-refractivity contribution in [3.8, 4) is 44.5 Å². The number of halogens is 2. The van der Waals surface area contributed by atoms with E-state index in [1.54, 1.807) is 0 Å². The number of H-pyrrole nitrogens is 2. The summed E-state index contributed by atoms with van der Waals surface area (Å²) in [5, 5.41) is 1.25. The number of nitrogens with zero attached hydrogens (tertiary/aromatic N) is 4. The molecule has 8 aromatic rings. The van der Waals surface area contributed by atoms with Crippen molar-refractivity contribution in [1.82, 2.24) is 29.9 Å². The Bertz CT molecular complexity index is 3000. The van der Waals surface area contributed by atoms with Gasteiger partial charge in [-0.05, 0) is 83.0 Å². The van der Waals surface area contributed by atoms with E-state index < -0.39 is 0 Å². The third-order valence-electron chi connectivity index (χ3n) is 10.3. The molecule has 10 rings (SSSR count). The molecule has 2 N–H and O–H groups in total. The number of nitrogens with one attached hydrogen (secondary N) is 2. The zero-order valence-electron chi connectivity index (χ0n) is 30.0. The highest BCUT2D eigenvalue weighted by Gasteiger charge is 2.19. The average molecular weight is 853 g/mol. The summed E-state index contributed by atoms with van der Waals surface area (Å²) in [4.78, 5) is 28.5. The molecule has 8 bridgehead atoms. The highest BCUT2D eigenvalue weighted by Crippen LogP contribution is 2.38. The van der Waals surface area contributed by atoms with Gasteiger partial charge in [0.05, 0.1) is 45.2 Å². The van der Waals surface area contributed by atoms with E-state index >= 15 is 0 Å². The Morgan fingerprint density at radius 2 is 0.714 bits per heavy atom. The monoisotopic (exact) mass is 850 g/mol. The number of rotatable bonds is 6. The van der Waals surface area contributed by atoms with Crippen molar-refractivity contribution < 1.29 is 0 Å². The zero-order chi connectivity index (χ0) is 37.6. The van der Waals surface area contributed by atoms with Crippen molar-refractivity contribution >= 4 is 89.3 Å². The summed E-state index contributed by atoms with van der Waals surface area (Å²) in [6.45, 7) is 0. The molecule has 0 aliphatic carbocycles. The lowest BCUT2D eigenvalue weighted by atomic mass is 10.0. The van der Waals surface area contributed by atoms with Gasteiger partial charge in [-0.2, -0.15) is 0 Å². The van der Waals surface area contributed by atoms with Crippen molar-refractivity contribution in [1.29, 1.82) is 0 Å². The molecular weight excluding hydrogens is 820 g/mol. The fourth-order valence-electron chi connectivity index (χ4n) is 7.73. The highest BCUT2D eigenvalue weighted by atomic mass is 79.9. The SMILES string of the molecule is BrCc1nc2ccc(-c3c4nc(c(-c5ccccc5)c5ccc([nH]5)c(-c5ccccc5)c5nc(c(-c6ccccc6)c6ccc3[nH]6)C=C5)C=C4)cc2nc1CBr. The van der Waals surface area contributed by atoms with Gasteiger partial charge < -0.3 is 9.97 Å². The molecule has 0 spiro atoms. The predicted molar refractivity (Wildman–Crippen MR) is 239 cm³/mol. The fraction of sp³-hybridized carbons (Fsp3) is 0.0417. The second kappa shape index (κ2) is 14.5. The first-order chi connectivity index (χ1) is 27.6. The second-order valence-corrected chi connectivity index (χ2v) is 14.8. The van der Waals surface area contributed by atoms with E-state index in [1.165, 1.54) is 0 Å². The van der Waals surface area contributed by atoms with Crippen LogP contribution in [0.1, 0.15) is 34.2 Å². The van der Waals surface area contributed by atoms with Gasteiger partial charge in [0.15, 0.2) is 0 Å². The van der Waals surface area contributed by atoms with Crippen molar-refractivity contribution in [3.05, 3.63) is 168 Å². The molecule has 56 heavy (non-hydrogen) atoms. The molecule has 0 atom stereocenters. The van der Waals surface area contributed by atoms with E-state index in [0.717, 1.165) is 112 Å². The predicted octanol–water partition coefficient (Wildman–Crippen LogP) is 13.1. The van der Waals surface area contributed by atoms with Crippen molar-refractivity contribution in [2.24, 2.45) is 0 Å². The van der Waals surface area contributed by atoms with Crippen LogP contribution in [0.4, 0.5) is 0 Å². The topological polar surface area (TPSA) is 83.1 Å². The first-order valence-corrected chi connectivity index (χ1v) is 20.6. The summed E-state index contributed by atoms with van der Waals surface area (Å²) in [7, 11) is 0. The van der Waals surface area contributed by atoms with Crippen LogP contribution in [0.3, 0.4) is 0 Å². The summed E-state index contributed by atoms with van der Waals surface area (Å²) in [5.74, 6) is 0. The van der Waals surface area contributed by atoms with E-state index in [2.05, 4.69) is 181 Å². The Morgan fingerprint density at radius 3 is 1.09 bits per heavy atom. The first-order valence-electron chi connectivity index (χ1n) is 18.4.